The lowest BCUT2D eigenvalue weighted by Crippen LogP contribution is -2.51. The molecular weight excluding hydrogens is 267 g/mol. The minimum absolute atomic E-state index is 0.0966. The van der Waals surface area contributed by atoms with Gasteiger partial charge in [-0.15, -0.1) is 0 Å². The van der Waals surface area contributed by atoms with Crippen LogP contribution in [0.5, 0.6) is 0 Å². The molecule has 1 saturated heterocycles. The topological polar surface area (TPSA) is 32.3 Å². The summed E-state index contributed by atoms with van der Waals surface area (Å²) < 4.78 is 13.2. The van der Waals surface area contributed by atoms with Crippen LogP contribution in [-0.2, 0) is 11.2 Å². The predicted molar refractivity (Wildman–Crippen MR) is 80.4 cm³/mol. The molecule has 1 aliphatic carbocycles. The number of carbonyl (C=O) groups is 1. The Hall–Kier alpha value is -1.42. The number of halogens is 1. The van der Waals surface area contributed by atoms with Crippen LogP contribution in [0.3, 0.4) is 0 Å². The number of amides is 1. The average Bonchev–Trinajstić information content (AvgIpc) is 3.21. The first-order valence-corrected chi connectivity index (χ1v) is 7.91. The molecule has 4 heteroatoms. The van der Waals surface area contributed by atoms with Crippen LogP contribution in [0.2, 0.25) is 0 Å². The Morgan fingerprint density at radius 2 is 2.19 bits per heavy atom. The first-order valence-electron chi connectivity index (χ1n) is 7.91. The van der Waals surface area contributed by atoms with Crippen molar-refractivity contribution in [3.8, 4) is 0 Å². The van der Waals surface area contributed by atoms with Gasteiger partial charge in [-0.1, -0.05) is 19.1 Å². The number of rotatable bonds is 6. The summed E-state index contributed by atoms with van der Waals surface area (Å²) in [6.45, 7) is 4.66. The lowest BCUT2D eigenvalue weighted by Gasteiger charge is -2.35. The van der Waals surface area contributed by atoms with Gasteiger partial charge in [-0.3, -0.25) is 4.79 Å². The summed E-state index contributed by atoms with van der Waals surface area (Å²) >= 11 is 0. The molecule has 1 aromatic rings. The molecule has 21 heavy (non-hydrogen) atoms. The van der Waals surface area contributed by atoms with E-state index in [4.69, 9.17) is 0 Å². The standard InChI is InChI=1S/C17H23FN2O/c1-12(14-10-19-11-14)17(21)20(16-5-6-16)8-7-13-3-2-4-15(18)9-13/h2-4,9,12,14,16,19H,5-8,10-11H2,1H3. The maximum Gasteiger partial charge on any atom is 0.226 e. The zero-order valence-corrected chi connectivity index (χ0v) is 12.5. The molecule has 2 fully saturated rings. The maximum absolute atomic E-state index is 13.2. The minimum Gasteiger partial charge on any atom is -0.339 e. The highest BCUT2D eigenvalue weighted by Crippen LogP contribution is 2.30. The van der Waals surface area contributed by atoms with Gasteiger partial charge in [-0.2, -0.15) is 0 Å². The molecule has 3 rings (SSSR count). The van der Waals surface area contributed by atoms with Crippen molar-refractivity contribution in [3.63, 3.8) is 0 Å². The summed E-state index contributed by atoms with van der Waals surface area (Å²) in [4.78, 5) is 14.7. The molecule has 1 N–H and O–H groups in total. The van der Waals surface area contributed by atoms with Gasteiger partial charge in [0, 0.05) is 18.5 Å². The third-order valence-electron chi connectivity index (χ3n) is 4.71. The third-order valence-corrected chi connectivity index (χ3v) is 4.71. The first-order chi connectivity index (χ1) is 10.1. The Morgan fingerprint density at radius 1 is 1.43 bits per heavy atom. The number of benzene rings is 1. The summed E-state index contributed by atoms with van der Waals surface area (Å²) in [5.41, 5.74) is 0.964. The molecule has 0 bridgehead atoms. The highest BCUT2D eigenvalue weighted by atomic mass is 19.1. The highest BCUT2D eigenvalue weighted by molar-refractivity contribution is 5.79. The molecule has 0 aromatic heterocycles. The van der Waals surface area contributed by atoms with Gasteiger partial charge in [0.2, 0.25) is 5.91 Å². The molecular formula is C17H23FN2O. The molecule has 1 amide bonds. The normalized spacial score (nSPS) is 19.9. The van der Waals surface area contributed by atoms with E-state index >= 15 is 0 Å². The average molecular weight is 290 g/mol. The Balaban J connectivity index is 1.60. The minimum atomic E-state index is -0.203. The van der Waals surface area contributed by atoms with Gasteiger partial charge in [0.05, 0.1) is 0 Å². The summed E-state index contributed by atoms with van der Waals surface area (Å²) in [5, 5.41) is 3.23. The monoisotopic (exact) mass is 290 g/mol. The van der Waals surface area contributed by atoms with Crippen LogP contribution in [0.1, 0.15) is 25.3 Å². The van der Waals surface area contributed by atoms with Crippen LogP contribution in [-0.4, -0.2) is 36.5 Å². The van der Waals surface area contributed by atoms with Crippen LogP contribution in [0.4, 0.5) is 4.39 Å². The Kier molecular flexibility index (Phi) is 4.24. The second-order valence-electron chi connectivity index (χ2n) is 6.35. The quantitative estimate of drug-likeness (QED) is 0.871. The van der Waals surface area contributed by atoms with Crippen molar-refractivity contribution in [1.29, 1.82) is 0 Å². The summed E-state index contributed by atoms with van der Waals surface area (Å²) in [7, 11) is 0. The van der Waals surface area contributed by atoms with Crippen molar-refractivity contribution < 1.29 is 9.18 Å². The zero-order valence-electron chi connectivity index (χ0n) is 12.5. The Labute approximate surface area is 125 Å². The Bertz CT molecular complexity index is 511. The van der Waals surface area contributed by atoms with Gasteiger partial charge in [0.25, 0.3) is 0 Å². The fourth-order valence-electron chi connectivity index (χ4n) is 2.93. The highest BCUT2D eigenvalue weighted by Gasteiger charge is 2.37. The van der Waals surface area contributed by atoms with Gasteiger partial charge in [0.1, 0.15) is 5.82 Å². The number of nitrogens with zero attached hydrogens (tertiary/aromatic N) is 1. The van der Waals surface area contributed by atoms with Crippen LogP contribution in [0.25, 0.3) is 0 Å². The van der Waals surface area contributed by atoms with Crippen molar-refractivity contribution in [3.05, 3.63) is 35.6 Å². The zero-order chi connectivity index (χ0) is 14.8. The van der Waals surface area contributed by atoms with E-state index < -0.39 is 0 Å². The molecule has 114 valence electrons. The van der Waals surface area contributed by atoms with Crippen LogP contribution >= 0.6 is 0 Å². The van der Waals surface area contributed by atoms with Crippen LogP contribution in [0, 0.1) is 17.7 Å². The van der Waals surface area contributed by atoms with Crippen molar-refractivity contribution in [1.82, 2.24) is 10.2 Å². The number of carbonyl (C=O) groups excluding carboxylic acids is 1. The molecule has 1 aromatic carbocycles. The van der Waals surface area contributed by atoms with Crippen molar-refractivity contribution >= 4 is 5.91 Å². The summed E-state index contributed by atoms with van der Waals surface area (Å²) in [6.07, 6.45) is 2.96. The van der Waals surface area contributed by atoms with Crippen molar-refractivity contribution in [2.75, 3.05) is 19.6 Å². The van der Waals surface area contributed by atoms with E-state index in [1.165, 1.54) is 6.07 Å². The van der Waals surface area contributed by atoms with Gasteiger partial charge in [0.15, 0.2) is 0 Å². The van der Waals surface area contributed by atoms with E-state index in [0.29, 0.717) is 18.5 Å². The van der Waals surface area contributed by atoms with Crippen LogP contribution in [0.15, 0.2) is 24.3 Å². The molecule has 1 saturated carbocycles. The SMILES string of the molecule is CC(C(=O)N(CCc1cccc(F)c1)C1CC1)C1CNC1. The fraction of sp³-hybridized carbons (Fsp3) is 0.588. The predicted octanol–water partition coefficient (Wildman–Crippen LogP) is 2.21. The molecule has 3 nitrogen and oxygen atoms in total. The lowest BCUT2D eigenvalue weighted by atomic mass is 9.88. The van der Waals surface area contributed by atoms with Gasteiger partial charge in [-0.25, -0.2) is 4.39 Å². The van der Waals surface area contributed by atoms with Crippen molar-refractivity contribution in [2.45, 2.75) is 32.2 Å². The third kappa shape index (κ3) is 3.43. The molecule has 1 aliphatic heterocycles. The summed E-state index contributed by atoms with van der Waals surface area (Å²) in [6, 6.07) is 7.10. The second-order valence-corrected chi connectivity index (χ2v) is 6.35. The van der Waals surface area contributed by atoms with Gasteiger partial charge >= 0.3 is 0 Å². The van der Waals surface area contributed by atoms with E-state index in [0.717, 1.165) is 37.9 Å². The van der Waals surface area contributed by atoms with E-state index in [1.807, 2.05) is 17.9 Å². The largest absolute Gasteiger partial charge is 0.339 e. The number of nitrogens with one attached hydrogen (secondary N) is 1. The summed E-state index contributed by atoms with van der Waals surface area (Å²) in [5.74, 6) is 0.651. The molecule has 2 aliphatic rings. The smallest absolute Gasteiger partial charge is 0.226 e. The van der Waals surface area contributed by atoms with Crippen LogP contribution < -0.4 is 5.32 Å². The molecule has 1 atom stereocenters. The van der Waals surface area contributed by atoms with Gasteiger partial charge in [-0.05, 0) is 56.0 Å². The van der Waals surface area contributed by atoms with E-state index in [1.54, 1.807) is 12.1 Å². The van der Waals surface area contributed by atoms with E-state index in [9.17, 15) is 9.18 Å². The fourth-order valence-corrected chi connectivity index (χ4v) is 2.93. The maximum atomic E-state index is 13.2. The van der Waals surface area contributed by atoms with E-state index in [-0.39, 0.29) is 17.6 Å². The molecule has 0 radical (unpaired) electrons. The molecule has 1 unspecified atom stereocenters. The number of hydrogen-bond acceptors (Lipinski definition) is 2. The Morgan fingerprint density at radius 3 is 2.76 bits per heavy atom. The van der Waals surface area contributed by atoms with E-state index in [2.05, 4.69) is 5.32 Å². The van der Waals surface area contributed by atoms with Crippen molar-refractivity contribution in [2.24, 2.45) is 11.8 Å². The molecule has 1 heterocycles. The first kappa shape index (κ1) is 14.5. The number of hydrogen-bond donors (Lipinski definition) is 1. The molecule has 0 spiro atoms. The second kappa shape index (κ2) is 6.14. The van der Waals surface area contributed by atoms with Gasteiger partial charge < -0.3 is 10.2 Å². The lowest BCUT2D eigenvalue weighted by molar-refractivity contribution is -0.138.